The molecule has 0 saturated heterocycles. The van der Waals surface area contributed by atoms with Crippen LogP contribution in [0.15, 0.2) is 42.5 Å². The van der Waals surface area contributed by atoms with Gasteiger partial charge in [0.15, 0.2) is 0 Å². The van der Waals surface area contributed by atoms with Crippen LogP contribution in [0, 0.1) is 11.8 Å². The predicted molar refractivity (Wildman–Crippen MR) is 93.5 cm³/mol. The summed E-state index contributed by atoms with van der Waals surface area (Å²) in [6, 6.07) is 8.71. The first kappa shape index (κ1) is 19.2. The largest absolute Gasteiger partial charge is 0.416 e. The van der Waals surface area contributed by atoms with Gasteiger partial charge in [0.25, 0.3) is 17.7 Å². The number of amides is 3. The summed E-state index contributed by atoms with van der Waals surface area (Å²) in [5.74, 6) is 3.70. The number of rotatable bonds is 2. The van der Waals surface area contributed by atoms with Gasteiger partial charge in [-0.05, 0) is 36.4 Å². The van der Waals surface area contributed by atoms with Crippen LogP contribution in [0.1, 0.15) is 42.2 Å². The number of imide groups is 1. The molecule has 0 aromatic heterocycles. The summed E-state index contributed by atoms with van der Waals surface area (Å²) in [6.07, 6.45) is -4.45. The van der Waals surface area contributed by atoms with Gasteiger partial charge < -0.3 is 5.32 Å². The number of alkyl halides is 3. The number of nitrogens with zero attached hydrogens (tertiary/aromatic N) is 1. The van der Waals surface area contributed by atoms with E-state index in [9.17, 15) is 27.6 Å². The maximum absolute atomic E-state index is 12.7. The topological polar surface area (TPSA) is 66.5 Å². The fraction of sp³-hybridized carbons (Fsp3) is 0.150. The van der Waals surface area contributed by atoms with E-state index in [1.165, 1.54) is 37.4 Å². The molecule has 2 aromatic carbocycles. The molecule has 8 heteroatoms. The van der Waals surface area contributed by atoms with E-state index in [0.29, 0.717) is 0 Å². The second-order valence-electron chi connectivity index (χ2n) is 5.99. The minimum Gasteiger partial charge on any atom is -0.341 e. The van der Waals surface area contributed by atoms with Crippen molar-refractivity contribution in [3.05, 3.63) is 70.3 Å². The highest BCUT2D eigenvalue weighted by molar-refractivity contribution is 6.21. The van der Waals surface area contributed by atoms with E-state index in [4.69, 9.17) is 0 Å². The van der Waals surface area contributed by atoms with E-state index in [0.717, 1.165) is 17.0 Å². The normalized spacial score (nSPS) is 13.1. The monoisotopic (exact) mass is 386 g/mol. The first-order valence-electron chi connectivity index (χ1n) is 8.09. The smallest absolute Gasteiger partial charge is 0.341 e. The lowest BCUT2D eigenvalue weighted by atomic mass is 10.1. The fourth-order valence-electron chi connectivity index (χ4n) is 2.65. The molecule has 2 aromatic rings. The molecule has 3 amide bonds. The molecule has 0 bridgehead atoms. The minimum absolute atomic E-state index is 0.0983. The van der Waals surface area contributed by atoms with Gasteiger partial charge in [-0.3, -0.25) is 19.3 Å². The van der Waals surface area contributed by atoms with E-state index in [1.54, 1.807) is 0 Å². The third-order valence-electron chi connectivity index (χ3n) is 4.11. The molecule has 28 heavy (non-hydrogen) atoms. The van der Waals surface area contributed by atoms with Gasteiger partial charge >= 0.3 is 6.18 Å². The molecule has 0 fully saturated rings. The van der Waals surface area contributed by atoms with Crippen molar-refractivity contribution in [2.45, 2.75) is 6.18 Å². The zero-order valence-electron chi connectivity index (χ0n) is 14.6. The van der Waals surface area contributed by atoms with Crippen LogP contribution in [-0.4, -0.2) is 36.2 Å². The number of hydrogen-bond acceptors (Lipinski definition) is 3. The van der Waals surface area contributed by atoms with Crippen LogP contribution in [0.3, 0.4) is 0 Å². The summed E-state index contributed by atoms with van der Waals surface area (Å²) >= 11 is 0. The number of carbonyl (C=O) groups is 3. The Hall–Kier alpha value is -3.60. The number of benzene rings is 2. The zero-order chi connectivity index (χ0) is 20.5. The number of fused-ring (bicyclic) bond motifs is 1. The third kappa shape index (κ3) is 3.74. The summed E-state index contributed by atoms with van der Waals surface area (Å²) in [5, 5.41) is 2.50. The number of nitrogens with one attached hydrogen (secondary N) is 1. The van der Waals surface area contributed by atoms with Gasteiger partial charge in [0.1, 0.15) is 0 Å². The average Bonchev–Trinajstić information content (AvgIpc) is 2.88. The van der Waals surface area contributed by atoms with Gasteiger partial charge in [0.05, 0.1) is 23.2 Å². The van der Waals surface area contributed by atoms with Crippen molar-refractivity contribution in [1.82, 2.24) is 10.2 Å². The standard InChI is InChI=1S/C20H13F3N2O3/c1-25-18(27)15-8-7-13(11-16(15)19(25)28)17(26)24-9-3-5-12-4-2-6-14(10-12)20(21,22)23/h2,4,6-8,10-11H,9H2,1H3,(H,24,26). The van der Waals surface area contributed by atoms with Gasteiger partial charge in [-0.25, -0.2) is 0 Å². The molecule has 0 atom stereocenters. The van der Waals surface area contributed by atoms with Crippen molar-refractivity contribution in [1.29, 1.82) is 0 Å². The van der Waals surface area contributed by atoms with Crippen molar-refractivity contribution in [3.8, 4) is 11.8 Å². The molecule has 1 heterocycles. The van der Waals surface area contributed by atoms with Crippen LogP contribution in [0.4, 0.5) is 13.2 Å². The van der Waals surface area contributed by atoms with Crippen LogP contribution in [-0.2, 0) is 6.18 Å². The van der Waals surface area contributed by atoms with Crippen LogP contribution in [0.2, 0.25) is 0 Å². The Morgan fingerprint density at radius 3 is 2.50 bits per heavy atom. The van der Waals surface area contributed by atoms with Crippen LogP contribution < -0.4 is 5.32 Å². The summed E-state index contributed by atoms with van der Waals surface area (Å²) in [5.41, 5.74) is -0.0703. The highest BCUT2D eigenvalue weighted by Crippen LogP contribution is 2.29. The Labute approximate surface area is 158 Å². The number of halogens is 3. The quantitative estimate of drug-likeness (QED) is 0.638. The first-order chi connectivity index (χ1) is 13.2. The lowest BCUT2D eigenvalue weighted by molar-refractivity contribution is -0.137. The number of carbonyl (C=O) groups excluding carboxylic acids is 3. The van der Waals surface area contributed by atoms with Gasteiger partial charge in [-0.1, -0.05) is 17.9 Å². The summed E-state index contributed by atoms with van der Waals surface area (Å²) in [4.78, 5) is 36.9. The molecule has 1 N–H and O–H groups in total. The van der Waals surface area contributed by atoms with E-state index >= 15 is 0 Å². The predicted octanol–water partition coefficient (Wildman–Crippen LogP) is 2.71. The Balaban J connectivity index is 1.66. The van der Waals surface area contributed by atoms with E-state index in [1.807, 2.05) is 0 Å². The molecule has 5 nitrogen and oxygen atoms in total. The SMILES string of the molecule is CN1C(=O)c2ccc(C(=O)NCC#Cc3cccc(C(F)(F)F)c3)cc2C1=O. The zero-order valence-corrected chi connectivity index (χ0v) is 14.6. The fourth-order valence-corrected chi connectivity index (χ4v) is 2.65. The summed E-state index contributed by atoms with van der Waals surface area (Å²) in [7, 11) is 1.35. The summed E-state index contributed by atoms with van der Waals surface area (Å²) < 4.78 is 38.0. The molecule has 0 unspecified atom stereocenters. The van der Waals surface area contributed by atoms with Crippen molar-refractivity contribution in [2.24, 2.45) is 0 Å². The molecule has 1 aliphatic heterocycles. The molecule has 142 valence electrons. The van der Waals surface area contributed by atoms with Crippen molar-refractivity contribution < 1.29 is 27.6 Å². The molecule has 1 aliphatic rings. The second-order valence-corrected chi connectivity index (χ2v) is 5.99. The molecule has 3 rings (SSSR count). The first-order valence-corrected chi connectivity index (χ1v) is 8.09. The lowest BCUT2D eigenvalue weighted by Crippen LogP contribution is -2.24. The van der Waals surface area contributed by atoms with Gasteiger partial charge in [-0.2, -0.15) is 13.2 Å². The Morgan fingerprint density at radius 2 is 1.79 bits per heavy atom. The van der Waals surface area contributed by atoms with Crippen molar-refractivity contribution in [2.75, 3.05) is 13.6 Å². The Bertz CT molecular complexity index is 1050. The highest BCUT2D eigenvalue weighted by atomic mass is 19.4. The second kappa shape index (κ2) is 7.19. The van der Waals surface area contributed by atoms with Gasteiger partial charge in [-0.15, -0.1) is 0 Å². The van der Waals surface area contributed by atoms with Crippen molar-refractivity contribution >= 4 is 17.7 Å². The van der Waals surface area contributed by atoms with E-state index < -0.39 is 29.5 Å². The van der Waals surface area contributed by atoms with Crippen LogP contribution >= 0.6 is 0 Å². The van der Waals surface area contributed by atoms with Gasteiger partial charge in [0, 0.05) is 18.2 Å². The summed E-state index contributed by atoms with van der Waals surface area (Å²) in [6.45, 7) is -0.0983. The maximum Gasteiger partial charge on any atom is 0.416 e. The molecule has 0 saturated carbocycles. The minimum atomic E-state index is -4.45. The van der Waals surface area contributed by atoms with Crippen LogP contribution in [0.25, 0.3) is 0 Å². The van der Waals surface area contributed by atoms with Crippen LogP contribution in [0.5, 0.6) is 0 Å². The average molecular weight is 386 g/mol. The third-order valence-corrected chi connectivity index (χ3v) is 4.11. The highest BCUT2D eigenvalue weighted by Gasteiger charge is 2.33. The van der Waals surface area contributed by atoms with Gasteiger partial charge in [0.2, 0.25) is 0 Å². The molecule has 0 spiro atoms. The Morgan fingerprint density at radius 1 is 1.07 bits per heavy atom. The molecule has 0 aliphatic carbocycles. The Kier molecular flexibility index (Phi) is 4.92. The molecular weight excluding hydrogens is 373 g/mol. The molecule has 0 radical (unpaired) electrons. The molecular formula is C20H13F3N2O3. The van der Waals surface area contributed by atoms with E-state index in [2.05, 4.69) is 17.2 Å². The maximum atomic E-state index is 12.7. The van der Waals surface area contributed by atoms with Crippen molar-refractivity contribution in [3.63, 3.8) is 0 Å². The lowest BCUT2D eigenvalue weighted by Gasteiger charge is -2.05. The van der Waals surface area contributed by atoms with E-state index in [-0.39, 0.29) is 28.8 Å². The number of hydrogen-bond donors (Lipinski definition) is 1.